The van der Waals surface area contributed by atoms with Crippen LogP contribution in [0.4, 0.5) is 0 Å². The molecule has 0 radical (unpaired) electrons. The lowest BCUT2D eigenvalue weighted by Crippen LogP contribution is -2.46. The van der Waals surface area contributed by atoms with Crippen LogP contribution in [0, 0.1) is 0 Å². The van der Waals surface area contributed by atoms with E-state index in [9.17, 15) is 4.79 Å². The van der Waals surface area contributed by atoms with Crippen molar-refractivity contribution in [2.45, 2.75) is 33.0 Å². The highest BCUT2D eigenvalue weighted by atomic mass is 16.5. The number of morpholine rings is 1. The fraction of sp³-hybridized carbons (Fsp3) is 0.588. The molecular weight excluding hydrogens is 282 g/mol. The summed E-state index contributed by atoms with van der Waals surface area (Å²) in [4.78, 5) is 13.7. The summed E-state index contributed by atoms with van der Waals surface area (Å²) in [6, 6.07) is 5.27. The zero-order valence-corrected chi connectivity index (χ0v) is 13.8. The molecule has 2 rings (SSSR count). The maximum Gasteiger partial charge on any atom is 0.161 e. The van der Waals surface area contributed by atoms with Crippen LogP contribution in [0.5, 0.6) is 11.5 Å². The third-order valence-corrected chi connectivity index (χ3v) is 3.73. The number of carbonyl (C=O) groups excluding carboxylic acids is 1. The number of carbonyl (C=O) groups is 1. The molecule has 1 saturated heterocycles. The predicted molar refractivity (Wildman–Crippen MR) is 84.9 cm³/mol. The van der Waals surface area contributed by atoms with Crippen LogP contribution in [0.25, 0.3) is 0 Å². The van der Waals surface area contributed by atoms with E-state index in [0.717, 1.165) is 19.6 Å². The molecule has 1 aromatic carbocycles. The van der Waals surface area contributed by atoms with Crippen molar-refractivity contribution in [1.82, 2.24) is 4.90 Å². The van der Waals surface area contributed by atoms with Gasteiger partial charge in [0.25, 0.3) is 0 Å². The van der Waals surface area contributed by atoms with Crippen LogP contribution < -0.4 is 9.47 Å². The summed E-state index contributed by atoms with van der Waals surface area (Å²) in [5.74, 6) is 1.28. The molecule has 0 amide bonds. The van der Waals surface area contributed by atoms with Crippen LogP contribution in [-0.2, 0) is 4.74 Å². The zero-order chi connectivity index (χ0) is 16.1. The molecule has 0 saturated carbocycles. The van der Waals surface area contributed by atoms with Crippen LogP contribution in [-0.4, -0.2) is 56.2 Å². The zero-order valence-electron chi connectivity index (χ0n) is 13.8. The van der Waals surface area contributed by atoms with Crippen LogP contribution in [0.2, 0.25) is 0 Å². The summed E-state index contributed by atoms with van der Waals surface area (Å²) >= 11 is 0. The van der Waals surface area contributed by atoms with E-state index in [-0.39, 0.29) is 18.0 Å². The number of methoxy groups -OCH3 is 1. The highest BCUT2D eigenvalue weighted by molar-refractivity contribution is 5.94. The van der Waals surface area contributed by atoms with Gasteiger partial charge >= 0.3 is 0 Å². The van der Waals surface area contributed by atoms with E-state index in [2.05, 4.69) is 18.7 Å². The summed E-state index contributed by atoms with van der Waals surface area (Å²) < 4.78 is 16.8. The van der Waals surface area contributed by atoms with Crippen molar-refractivity contribution in [3.05, 3.63) is 23.8 Å². The van der Waals surface area contributed by atoms with Gasteiger partial charge in [0, 0.05) is 25.2 Å². The van der Waals surface area contributed by atoms with E-state index in [4.69, 9.17) is 14.2 Å². The average molecular weight is 307 g/mol. The normalized spacial score (nSPS) is 22.4. The van der Waals surface area contributed by atoms with Gasteiger partial charge in [-0.2, -0.15) is 0 Å². The van der Waals surface area contributed by atoms with Crippen molar-refractivity contribution in [3.8, 4) is 11.5 Å². The van der Waals surface area contributed by atoms with Gasteiger partial charge in [-0.05, 0) is 39.0 Å². The average Bonchev–Trinajstić information content (AvgIpc) is 2.46. The minimum absolute atomic E-state index is 0.0149. The SMILES string of the molecule is COc1cc(C(C)=O)ccc1OCCN1CC(C)OC(C)C1. The Bertz CT molecular complexity index is 507. The molecule has 2 atom stereocenters. The molecule has 1 aliphatic heterocycles. The topological polar surface area (TPSA) is 48.0 Å². The highest BCUT2D eigenvalue weighted by Gasteiger charge is 2.21. The molecule has 1 aromatic rings. The van der Waals surface area contributed by atoms with Gasteiger partial charge in [-0.1, -0.05) is 0 Å². The van der Waals surface area contributed by atoms with Crippen molar-refractivity contribution in [1.29, 1.82) is 0 Å². The molecule has 122 valence electrons. The lowest BCUT2D eigenvalue weighted by atomic mass is 10.1. The maximum absolute atomic E-state index is 11.4. The Labute approximate surface area is 132 Å². The number of ketones is 1. The quantitative estimate of drug-likeness (QED) is 0.755. The first kappa shape index (κ1) is 16.8. The van der Waals surface area contributed by atoms with Gasteiger partial charge in [-0.15, -0.1) is 0 Å². The summed E-state index contributed by atoms with van der Waals surface area (Å²) in [5.41, 5.74) is 0.625. The number of benzene rings is 1. The number of Topliss-reactive ketones (excluding diaryl/α,β-unsaturated/α-hetero) is 1. The highest BCUT2D eigenvalue weighted by Crippen LogP contribution is 2.28. The molecule has 2 unspecified atom stereocenters. The van der Waals surface area contributed by atoms with Gasteiger partial charge in [0.2, 0.25) is 0 Å². The first-order chi connectivity index (χ1) is 10.5. The lowest BCUT2D eigenvalue weighted by Gasteiger charge is -2.35. The third-order valence-electron chi connectivity index (χ3n) is 3.73. The molecule has 0 aliphatic carbocycles. The fourth-order valence-corrected chi connectivity index (χ4v) is 2.76. The molecule has 0 aromatic heterocycles. The molecule has 0 N–H and O–H groups in total. The van der Waals surface area contributed by atoms with Crippen LogP contribution in [0.1, 0.15) is 31.1 Å². The summed E-state index contributed by atoms with van der Waals surface area (Å²) in [6.07, 6.45) is 0.515. The first-order valence-electron chi connectivity index (χ1n) is 7.69. The monoisotopic (exact) mass is 307 g/mol. The van der Waals surface area contributed by atoms with Crippen molar-refractivity contribution in [3.63, 3.8) is 0 Å². The second-order valence-corrected chi connectivity index (χ2v) is 5.79. The van der Waals surface area contributed by atoms with E-state index in [1.807, 2.05) is 0 Å². The van der Waals surface area contributed by atoms with Gasteiger partial charge in [0.1, 0.15) is 6.61 Å². The van der Waals surface area contributed by atoms with E-state index in [1.165, 1.54) is 6.92 Å². The molecule has 5 nitrogen and oxygen atoms in total. The van der Waals surface area contributed by atoms with Crippen molar-refractivity contribution in [2.75, 3.05) is 33.4 Å². The van der Waals surface area contributed by atoms with Crippen molar-refractivity contribution in [2.24, 2.45) is 0 Å². The first-order valence-corrected chi connectivity index (χ1v) is 7.69. The van der Waals surface area contributed by atoms with Gasteiger partial charge in [-0.3, -0.25) is 9.69 Å². The maximum atomic E-state index is 11.4. The fourth-order valence-electron chi connectivity index (χ4n) is 2.76. The van der Waals surface area contributed by atoms with E-state index < -0.39 is 0 Å². The van der Waals surface area contributed by atoms with Gasteiger partial charge in [0.15, 0.2) is 17.3 Å². The largest absolute Gasteiger partial charge is 0.493 e. The van der Waals surface area contributed by atoms with E-state index in [0.29, 0.717) is 23.7 Å². The second kappa shape index (κ2) is 7.61. The Kier molecular flexibility index (Phi) is 5.80. The number of nitrogens with zero attached hydrogens (tertiary/aromatic N) is 1. The standard InChI is InChI=1S/C17H25NO4/c1-12-10-18(11-13(2)22-12)7-8-21-16-6-5-15(14(3)19)9-17(16)20-4/h5-6,9,12-13H,7-8,10-11H2,1-4H3. The Balaban J connectivity index is 1.90. The van der Waals surface area contributed by atoms with E-state index >= 15 is 0 Å². The molecule has 1 fully saturated rings. The Morgan fingerprint density at radius 2 is 1.95 bits per heavy atom. The molecular formula is C17H25NO4. The van der Waals surface area contributed by atoms with Gasteiger partial charge in [-0.25, -0.2) is 0 Å². The number of rotatable bonds is 6. The van der Waals surface area contributed by atoms with Crippen LogP contribution >= 0.6 is 0 Å². The minimum atomic E-state index is 0.0149. The third kappa shape index (κ3) is 4.45. The smallest absolute Gasteiger partial charge is 0.161 e. The molecule has 0 spiro atoms. The summed E-state index contributed by atoms with van der Waals surface area (Å²) in [6.45, 7) is 8.99. The van der Waals surface area contributed by atoms with Crippen molar-refractivity contribution < 1.29 is 19.0 Å². The van der Waals surface area contributed by atoms with E-state index in [1.54, 1.807) is 25.3 Å². The van der Waals surface area contributed by atoms with Crippen molar-refractivity contribution >= 4 is 5.78 Å². The summed E-state index contributed by atoms with van der Waals surface area (Å²) in [5, 5.41) is 0. The van der Waals surface area contributed by atoms with Crippen LogP contribution in [0.15, 0.2) is 18.2 Å². The minimum Gasteiger partial charge on any atom is -0.493 e. The molecule has 22 heavy (non-hydrogen) atoms. The predicted octanol–water partition coefficient (Wildman–Crippen LogP) is 2.39. The van der Waals surface area contributed by atoms with Gasteiger partial charge in [0.05, 0.1) is 19.3 Å². The second-order valence-electron chi connectivity index (χ2n) is 5.79. The Morgan fingerprint density at radius 3 is 2.55 bits per heavy atom. The van der Waals surface area contributed by atoms with Crippen LogP contribution in [0.3, 0.4) is 0 Å². The number of ether oxygens (including phenoxy) is 3. The Hall–Kier alpha value is -1.59. The molecule has 1 heterocycles. The lowest BCUT2D eigenvalue weighted by molar-refractivity contribution is -0.0699. The molecule has 1 aliphatic rings. The Morgan fingerprint density at radius 1 is 1.27 bits per heavy atom. The number of hydrogen-bond acceptors (Lipinski definition) is 5. The molecule has 0 bridgehead atoms. The van der Waals surface area contributed by atoms with Gasteiger partial charge < -0.3 is 14.2 Å². The number of hydrogen-bond donors (Lipinski definition) is 0. The summed E-state index contributed by atoms with van der Waals surface area (Å²) in [7, 11) is 1.58. The molecule has 5 heteroatoms.